The van der Waals surface area contributed by atoms with Crippen LogP contribution >= 0.6 is 0 Å². The first-order valence-corrected chi connectivity index (χ1v) is 14.2. The van der Waals surface area contributed by atoms with Crippen molar-refractivity contribution in [3.05, 3.63) is 83.0 Å². The lowest BCUT2D eigenvalue weighted by molar-refractivity contribution is 0.0958. The van der Waals surface area contributed by atoms with Crippen molar-refractivity contribution in [1.29, 1.82) is 0 Å². The molecule has 3 aromatic rings. The minimum atomic E-state index is -0.0909. The van der Waals surface area contributed by atoms with E-state index in [-0.39, 0.29) is 11.9 Å². The van der Waals surface area contributed by atoms with Crippen molar-refractivity contribution in [2.45, 2.75) is 53.6 Å². The first-order valence-electron chi connectivity index (χ1n) is 14.2. The summed E-state index contributed by atoms with van der Waals surface area (Å²) in [5.41, 5.74) is 8.84. The number of fused-ring (bicyclic) bond motifs is 1. The topological polar surface area (TPSA) is 65.4 Å². The van der Waals surface area contributed by atoms with Crippen LogP contribution in [0, 0.1) is 6.92 Å². The fraction of sp³-hybridized carbons (Fsp3) is 0.394. The van der Waals surface area contributed by atoms with Gasteiger partial charge < -0.3 is 25.0 Å². The van der Waals surface area contributed by atoms with Gasteiger partial charge in [-0.25, -0.2) is 4.98 Å². The summed E-state index contributed by atoms with van der Waals surface area (Å²) < 4.78 is 2.26. The largest absolute Gasteiger partial charge is 0.359 e. The summed E-state index contributed by atoms with van der Waals surface area (Å²) in [4.78, 5) is 23.4. The number of benzene rings is 1. The normalized spacial score (nSPS) is 18.4. The summed E-state index contributed by atoms with van der Waals surface area (Å²) in [5.74, 6) is 0.908. The molecule has 0 bridgehead atoms. The smallest absolute Gasteiger partial charge is 0.252 e. The van der Waals surface area contributed by atoms with E-state index >= 15 is 0 Å². The minimum Gasteiger partial charge on any atom is -0.359 e. The van der Waals surface area contributed by atoms with Crippen LogP contribution in [-0.2, 0) is 0 Å². The maximum Gasteiger partial charge on any atom is 0.252 e. The molecule has 0 radical (unpaired) electrons. The molecule has 1 atom stereocenters. The summed E-state index contributed by atoms with van der Waals surface area (Å²) >= 11 is 0. The number of anilines is 1. The quantitative estimate of drug-likeness (QED) is 0.415. The number of hydrogen-bond donors (Lipinski definition) is 2. The molecule has 4 heterocycles. The van der Waals surface area contributed by atoms with Crippen LogP contribution in [0.4, 0.5) is 5.82 Å². The van der Waals surface area contributed by atoms with Crippen LogP contribution in [0.15, 0.2) is 71.9 Å². The fourth-order valence-electron chi connectivity index (χ4n) is 5.87. The molecule has 0 spiro atoms. The molecule has 40 heavy (non-hydrogen) atoms. The summed E-state index contributed by atoms with van der Waals surface area (Å²) in [6, 6.07) is 9.21. The number of hydrogen-bond acceptors (Lipinski definition) is 5. The molecule has 1 saturated heterocycles. The van der Waals surface area contributed by atoms with E-state index in [0.717, 1.165) is 75.6 Å². The van der Waals surface area contributed by atoms with E-state index in [1.54, 1.807) is 0 Å². The maximum atomic E-state index is 13.8. The van der Waals surface area contributed by atoms with Crippen molar-refractivity contribution >= 4 is 22.6 Å². The molecule has 5 rings (SSSR count). The number of carbonyl (C=O) groups is 1. The number of likely N-dealkylation sites (N-methyl/N-ethyl adjacent to an activating group) is 1. The van der Waals surface area contributed by atoms with Crippen molar-refractivity contribution in [1.82, 2.24) is 25.1 Å². The predicted octanol–water partition coefficient (Wildman–Crippen LogP) is 5.80. The SMILES string of the molecule is C=C1NC(C)=CC(C)=C1CNC(=O)c1cc(-c2ccc(N3CCN(C)C(C)C3)nc2)cc2c1c(C)cn2C(C)C. The average Bonchev–Trinajstić information content (AvgIpc) is 3.25. The molecule has 7 nitrogen and oxygen atoms in total. The van der Waals surface area contributed by atoms with Crippen LogP contribution < -0.4 is 15.5 Å². The van der Waals surface area contributed by atoms with Gasteiger partial charge in [-0.15, -0.1) is 0 Å². The van der Waals surface area contributed by atoms with Crippen molar-refractivity contribution in [2.75, 3.05) is 38.1 Å². The highest BCUT2D eigenvalue weighted by Gasteiger charge is 2.23. The van der Waals surface area contributed by atoms with Gasteiger partial charge in [0.05, 0.1) is 0 Å². The van der Waals surface area contributed by atoms with E-state index < -0.39 is 0 Å². The number of nitrogens with zero attached hydrogens (tertiary/aromatic N) is 4. The molecule has 1 unspecified atom stereocenters. The Morgan fingerprint density at radius 2 is 1.95 bits per heavy atom. The van der Waals surface area contributed by atoms with E-state index in [1.807, 2.05) is 19.2 Å². The number of dihydropyridines is 1. The molecular formula is C33H42N6O. The van der Waals surface area contributed by atoms with Crippen molar-refractivity contribution in [3.63, 3.8) is 0 Å². The number of aromatic nitrogens is 2. The van der Waals surface area contributed by atoms with Crippen LogP contribution in [0.25, 0.3) is 22.0 Å². The number of allylic oxidation sites excluding steroid dienone is 3. The first kappa shape index (κ1) is 27.7. The Kier molecular flexibility index (Phi) is 7.60. The standard InChI is InChI=1S/C33H42N6O/c1-20(2)39-18-22(4)32-28(33(40)35-17-29-21(3)13-23(5)36-25(29)7)14-27(15-30(32)39)26-9-10-31(34-16-26)38-12-11-37(8)24(6)19-38/h9-10,13-16,18,20,24,36H,7,11-12,17,19H2,1-6,8H3,(H,35,40). The summed E-state index contributed by atoms with van der Waals surface area (Å²) in [5, 5.41) is 7.45. The zero-order valence-corrected chi connectivity index (χ0v) is 24.9. The van der Waals surface area contributed by atoms with Crippen LogP contribution in [0.3, 0.4) is 0 Å². The molecule has 0 aliphatic carbocycles. The highest BCUT2D eigenvalue weighted by Crippen LogP contribution is 2.33. The molecule has 2 N–H and O–H groups in total. The molecule has 1 fully saturated rings. The van der Waals surface area contributed by atoms with E-state index in [2.05, 4.69) is 104 Å². The Labute approximate surface area is 238 Å². The van der Waals surface area contributed by atoms with Crippen molar-refractivity contribution in [2.24, 2.45) is 0 Å². The van der Waals surface area contributed by atoms with Gasteiger partial charge >= 0.3 is 0 Å². The third kappa shape index (κ3) is 5.30. The molecule has 1 aromatic carbocycles. The molecule has 210 valence electrons. The van der Waals surface area contributed by atoms with Gasteiger partial charge in [-0.1, -0.05) is 6.58 Å². The van der Waals surface area contributed by atoms with Crippen LogP contribution in [0.1, 0.15) is 56.6 Å². The highest BCUT2D eigenvalue weighted by atomic mass is 16.1. The van der Waals surface area contributed by atoms with Crippen molar-refractivity contribution in [3.8, 4) is 11.1 Å². The highest BCUT2D eigenvalue weighted by molar-refractivity contribution is 6.09. The third-order valence-electron chi connectivity index (χ3n) is 8.34. The van der Waals surface area contributed by atoms with E-state index in [9.17, 15) is 4.79 Å². The third-order valence-corrected chi connectivity index (χ3v) is 8.34. The molecule has 7 heteroatoms. The van der Waals surface area contributed by atoms with Crippen LogP contribution in [0.2, 0.25) is 0 Å². The van der Waals surface area contributed by atoms with E-state index in [1.165, 1.54) is 0 Å². The van der Waals surface area contributed by atoms with E-state index in [4.69, 9.17) is 4.98 Å². The maximum absolute atomic E-state index is 13.8. The first-order chi connectivity index (χ1) is 19.0. The Hall–Kier alpha value is -3.84. The number of amides is 1. The minimum absolute atomic E-state index is 0.0909. The van der Waals surface area contributed by atoms with Crippen molar-refractivity contribution < 1.29 is 4.79 Å². The number of piperazine rings is 1. The van der Waals surface area contributed by atoms with Crippen LogP contribution in [-0.4, -0.2) is 59.6 Å². The molecule has 1 amide bonds. The second-order valence-electron chi connectivity index (χ2n) is 11.7. The van der Waals surface area contributed by atoms with Gasteiger partial charge in [-0.3, -0.25) is 4.79 Å². The number of aryl methyl sites for hydroxylation is 1. The number of nitrogens with one attached hydrogen (secondary N) is 2. The molecule has 2 aliphatic heterocycles. The van der Waals surface area contributed by atoms with Gasteiger partial charge in [0.25, 0.3) is 5.91 Å². The Bertz CT molecular complexity index is 1520. The monoisotopic (exact) mass is 538 g/mol. The second-order valence-corrected chi connectivity index (χ2v) is 11.7. The fourth-order valence-corrected chi connectivity index (χ4v) is 5.87. The van der Waals surface area contributed by atoms with E-state index in [0.29, 0.717) is 18.2 Å². The molecule has 0 saturated carbocycles. The Balaban J connectivity index is 1.49. The summed E-state index contributed by atoms with van der Waals surface area (Å²) in [7, 11) is 2.18. The van der Waals surface area contributed by atoms with Gasteiger partial charge in [0.1, 0.15) is 5.82 Å². The Morgan fingerprint density at radius 1 is 1.18 bits per heavy atom. The average molecular weight is 539 g/mol. The van der Waals surface area contributed by atoms with Crippen LogP contribution in [0.5, 0.6) is 0 Å². The second kappa shape index (κ2) is 11.0. The van der Waals surface area contributed by atoms with Gasteiger partial charge in [0.2, 0.25) is 0 Å². The number of rotatable bonds is 6. The summed E-state index contributed by atoms with van der Waals surface area (Å²) in [6.45, 7) is 20.3. The molecular weight excluding hydrogens is 496 g/mol. The molecule has 2 aliphatic rings. The number of pyridine rings is 1. The van der Waals surface area contributed by atoms with Gasteiger partial charge in [0, 0.05) is 84.1 Å². The van der Waals surface area contributed by atoms with Gasteiger partial charge in [-0.2, -0.15) is 0 Å². The van der Waals surface area contributed by atoms with Gasteiger partial charge in [0.15, 0.2) is 0 Å². The zero-order valence-electron chi connectivity index (χ0n) is 24.9. The van der Waals surface area contributed by atoms with Gasteiger partial charge in [-0.05, 0) is 101 Å². The zero-order chi connectivity index (χ0) is 28.7. The number of carbonyl (C=O) groups excluding carboxylic acids is 1. The molecule has 2 aromatic heterocycles. The lowest BCUT2D eigenvalue weighted by Gasteiger charge is -2.38. The summed E-state index contributed by atoms with van der Waals surface area (Å²) in [6.07, 6.45) is 6.18. The lowest BCUT2D eigenvalue weighted by atomic mass is 9.98. The predicted molar refractivity (Wildman–Crippen MR) is 166 cm³/mol. The Morgan fingerprint density at radius 3 is 2.60 bits per heavy atom. The lowest BCUT2D eigenvalue weighted by Crippen LogP contribution is -2.50.